The highest BCUT2D eigenvalue weighted by molar-refractivity contribution is 5.46. The van der Waals surface area contributed by atoms with E-state index >= 15 is 0 Å². The lowest BCUT2D eigenvalue weighted by molar-refractivity contribution is 0.158. The van der Waals surface area contributed by atoms with Gasteiger partial charge in [-0.3, -0.25) is 0 Å². The van der Waals surface area contributed by atoms with Crippen LogP contribution in [-0.4, -0.2) is 11.2 Å². The molecule has 1 aliphatic carbocycles. The van der Waals surface area contributed by atoms with E-state index in [0.717, 1.165) is 23.6 Å². The van der Waals surface area contributed by atoms with E-state index in [1.165, 1.54) is 12.8 Å². The Labute approximate surface area is 84.7 Å². The molecule has 1 atom stereocenters. The number of hydrogen-bond donors (Lipinski definition) is 2. The van der Waals surface area contributed by atoms with Crippen LogP contribution >= 0.6 is 0 Å². The highest BCUT2D eigenvalue weighted by Crippen LogP contribution is 2.34. The first-order valence-corrected chi connectivity index (χ1v) is 5.27. The first-order valence-electron chi connectivity index (χ1n) is 5.27. The third kappa shape index (κ3) is 2.48. The van der Waals surface area contributed by atoms with Gasteiger partial charge in [0.15, 0.2) is 0 Å². The van der Waals surface area contributed by atoms with E-state index in [1.807, 2.05) is 24.3 Å². The second-order valence-corrected chi connectivity index (χ2v) is 4.24. The standard InChI is InChI=1S/C12H17NO/c13-12-4-2-1-3-10(12)8-11(14)7-9-5-6-9/h1-4,9,11,14H,5-8,13H2. The number of aliphatic hydroxyl groups excluding tert-OH is 1. The molecule has 0 spiro atoms. The van der Waals surface area contributed by atoms with E-state index in [4.69, 9.17) is 5.73 Å². The lowest BCUT2D eigenvalue weighted by Crippen LogP contribution is -2.12. The van der Waals surface area contributed by atoms with Crippen LogP contribution in [0.25, 0.3) is 0 Å². The Morgan fingerprint density at radius 1 is 1.36 bits per heavy atom. The van der Waals surface area contributed by atoms with Gasteiger partial charge in [0, 0.05) is 12.1 Å². The predicted octanol–water partition coefficient (Wildman–Crippen LogP) is 1.97. The number of rotatable bonds is 4. The van der Waals surface area contributed by atoms with Crippen molar-refractivity contribution in [3.63, 3.8) is 0 Å². The molecule has 1 aromatic carbocycles. The minimum atomic E-state index is -0.216. The summed E-state index contributed by atoms with van der Waals surface area (Å²) in [5.41, 5.74) is 7.67. The topological polar surface area (TPSA) is 46.2 Å². The third-order valence-corrected chi connectivity index (χ3v) is 2.81. The summed E-state index contributed by atoms with van der Waals surface area (Å²) < 4.78 is 0. The molecule has 2 heteroatoms. The molecule has 0 aliphatic heterocycles. The fraction of sp³-hybridized carbons (Fsp3) is 0.500. The molecule has 0 aromatic heterocycles. The van der Waals surface area contributed by atoms with Crippen LogP contribution in [0.15, 0.2) is 24.3 Å². The fourth-order valence-corrected chi connectivity index (χ4v) is 1.80. The summed E-state index contributed by atoms with van der Waals surface area (Å²) in [5.74, 6) is 0.773. The highest BCUT2D eigenvalue weighted by atomic mass is 16.3. The van der Waals surface area contributed by atoms with Crippen molar-refractivity contribution in [3.05, 3.63) is 29.8 Å². The second-order valence-electron chi connectivity index (χ2n) is 4.24. The van der Waals surface area contributed by atoms with Crippen LogP contribution in [0, 0.1) is 5.92 Å². The summed E-state index contributed by atoms with van der Waals surface area (Å²) >= 11 is 0. The molecule has 1 saturated carbocycles. The van der Waals surface area contributed by atoms with E-state index in [2.05, 4.69) is 0 Å². The zero-order valence-corrected chi connectivity index (χ0v) is 8.32. The van der Waals surface area contributed by atoms with Crippen molar-refractivity contribution in [2.45, 2.75) is 31.8 Å². The second kappa shape index (κ2) is 4.01. The molecule has 14 heavy (non-hydrogen) atoms. The van der Waals surface area contributed by atoms with Crippen molar-refractivity contribution < 1.29 is 5.11 Å². The Bertz CT molecular complexity index is 307. The molecule has 0 amide bonds. The van der Waals surface area contributed by atoms with Gasteiger partial charge in [0.05, 0.1) is 6.10 Å². The molecule has 0 saturated heterocycles. The number of para-hydroxylation sites is 1. The molecular formula is C12H17NO. The Kier molecular flexibility index (Phi) is 2.73. The van der Waals surface area contributed by atoms with Crippen LogP contribution in [0.2, 0.25) is 0 Å². The van der Waals surface area contributed by atoms with Gasteiger partial charge in [0.2, 0.25) is 0 Å². The monoisotopic (exact) mass is 191 g/mol. The number of hydrogen-bond acceptors (Lipinski definition) is 2. The Morgan fingerprint density at radius 2 is 2.07 bits per heavy atom. The van der Waals surface area contributed by atoms with E-state index in [1.54, 1.807) is 0 Å². The average molecular weight is 191 g/mol. The van der Waals surface area contributed by atoms with Crippen LogP contribution in [0.5, 0.6) is 0 Å². The summed E-state index contributed by atoms with van der Waals surface area (Å²) in [5, 5.41) is 9.78. The van der Waals surface area contributed by atoms with Gasteiger partial charge in [-0.25, -0.2) is 0 Å². The molecule has 76 valence electrons. The number of anilines is 1. The van der Waals surface area contributed by atoms with Crippen LogP contribution in [0.4, 0.5) is 5.69 Å². The number of benzene rings is 1. The van der Waals surface area contributed by atoms with Crippen molar-refractivity contribution in [2.24, 2.45) is 5.92 Å². The molecule has 0 bridgehead atoms. The summed E-state index contributed by atoms with van der Waals surface area (Å²) in [6.07, 6.45) is 4.01. The van der Waals surface area contributed by atoms with E-state index in [-0.39, 0.29) is 6.10 Å². The fourth-order valence-electron chi connectivity index (χ4n) is 1.80. The van der Waals surface area contributed by atoms with Crippen molar-refractivity contribution in [1.82, 2.24) is 0 Å². The van der Waals surface area contributed by atoms with Gasteiger partial charge in [0.25, 0.3) is 0 Å². The minimum absolute atomic E-state index is 0.216. The maximum atomic E-state index is 9.78. The smallest absolute Gasteiger partial charge is 0.0584 e. The molecule has 0 heterocycles. The largest absolute Gasteiger partial charge is 0.399 e. The molecule has 0 radical (unpaired) electrons. The van der Waals surface area contributed by atoms with Gasteiger partial charge >= 0.3 is 0 Å². The first kappa shape index (κ1) is 9.53. The first-order chi connectivity index (χ1) is 6.75. The van der Waals surface area contributed by atoms with Gasteiger partial charge in [-0.1, -0.05) is 31.0 Å². The van der Waals surface area contributed by atoms with Gasteiger partial charge < -0.3 is 10.8 Å². The molecule has 2 rings (SSSR count). The summed E-state index contributed by atoms with van der Waals surface area (Å²) in [6, 6.07) is 7.77. The molecule has 1 aromatic rings. The van der Waals surface area contributed by atoms with Crippen molar-refractivity contribution in [2.75, 3.05) is 5.73 Å². The van der Waals surface area contributed by atoms with Crippen molar-refractivity contribution >= 4 is 5.69 Å². The van der Waals surface area contributed by atoms with E-state index in [0.29, 0.717) is 6.42 Å². The molecule has 2 nitrogen and oxygen atoms in total. The predicted molar refractivity (Wildman–Crippen MR) is 57.9 cm³/mol. The van der Waals surface area contributed by atoms with Crippen LogP contribution in [-0.2, 0) is 6.42 Å². The summed E-state index contributed by atoms with van der Waals surface area (Å²) in [6.45, 7) is 0. The van der Waals surface area contributed by atoms with Crippen LogP contribution in [0.3, 0.4) is 0 Å². The van der Waals surface area contributed by atoms with Gasteiger partial charge in [-0.15, -0.1) is 0 Å². The lowest BCUT2D eigenvalue weighted by Gasteiger charge is -2.11. The zero-order chi connectivity index (χ0) is 9.97. The third-order valence-electron chi connectivity index (χ3n) is 2.81. The van der Waals surface area contributed by atoms with Gasteiger partial charge in [-0.05, 0) is 24.0 Å². The lowest BCUT2D eigenvalue weighted by atomic mass is 10.0. The van der Waals surface area contributed by atoms with Crippen molar-refractivity contribution in [3.8, 4) is 0 Å². The van der Waals surface area contributed by atoms with Crippen LogP contribution < -0.4 is 5.73 Å². The SMILES string of the molecule is Nc1ccccc1CC(O)CC1CC1. The molecular weight excluding hydrogens is 174 g/mol. The van der Waals surface area contributed by atoms with Crippen molar-refractivity contribution in [1.29, 1.82) is 0 Å². The number of aliphatic hydroxyl groups is 1. The maximum Gasteiger partial charge on any atom is 0.0584 e. The Morgan fingerprint density at radius 3 is 2.71 bits per heavy atom. The Hall–Kier alpha value is -1.02. The number of nitrogens with two attached hydrogens (primary N) is 1. The Balaban J connectivity index is 1.91. The quantitative estimate of drug-likeness (QED) is 0.715. The average Bonchev–Trinajstić information content (AvgIpc) is 2.93. The molecule has 1 aliphatic rings. The zero-order valence-electron chi connectivity index (χ0n) is 8.32. The van der Waals surface area contributed by atoms with E-state index in [9.17, 15) is 5.11 Å². The summed E-state index contributed by atoms with van der Waals surface area (Å²) in [7, 11) is 0. The van der Waals surface area contributed by atoms with Gasteiger partial charge in [-0.2, -0.15) is 0 Å². The summed E-state index contributed by atoms with van der Waals surface area (Å²) in [4.78, 5) is 0. The van der Waals surface area contributed by atoms with Gasteiger partial charge in [0.1, 0.15) is 0 Å². The number of nitrogen functional groups attached to an aromatic ring is 1. The maximum absolute atomic E-state index is 9.78. The molecule has 1 fully saturated rings. The highest BCUT2D eigenvalue weighted by Gasteiger charge is 2.24. The molecule has 3 N–H and O–H groups in total. The normalized spacial score (nSPS) is 18.1. The van der Waals surface area contributed by atoms with E-state index < -0.39 is 0 Å². The van der Waals surface area contributed by atoms with Crippen LogP contribution in [0.1, 0.15) is 24.8 Å². The minimum Gasteiger partial charge on any atom is -0.399 e. The molecule has 1 unspecified atom stereocenters.